The highest BCUT2D eigenvalue weighted by atomic mass is 32.2. The molecule has 6 rings (SSSR count). The third-order valence-corrected chi connectivity index (χ3v) is 10.8. The topological polar surface area (TPSA) is 174 Å². The van der Waals surface area contributed by atoms with Crippen LogP contribution in [-0.2, 0) is 27.2 Å². The molecule has 0 aliphatic carbocycles. The monoisotopic (exact) mass is 715 g/mol. The van der Waals surface area contributed by atoms with Crippen LogP contribution in [0.1, 0.15) is 29.9 Å². The second-order valence-corrected chi connectivity index (χ2v) is 20.7. The second kappa shape index (κ2) is 13.8. The van der Waals surface area contributed by atoms with Crippen molar-refractivity contribution in [3.63, 3.8) is 0 Å². The van der Waals surface area contributed by atoms with Crippen LogP contribution in [-0.4, -0.2) is 63.9 Å². The molecule has 5 heterocycles. The van der Waals surface area contributed by atoms with Crippen molar-refractivity contribution in [2.75, 3.05) is 19.0 Å². The average molecular weight is 716 g/mol. The van der Waals surface area contributed by atoms with Crippen molar-refractivity contribution in [3.05, 3.63) is 94.7 Å². The molecule has 0 saturated carbocycles. The fourth-order valence-electron chi connectivity index (χ4n) is 5.85. The van der Waals surface area contributed by atoms with E-state index in [1.807, 2.05) is 61.0 Å². The van der Waals surface area contributed by atoms with Gasteiger partial charge in [0.1, 0.15) is 30.0 Å². The van der Waals surface area contributed by atoms with Crippen molar-refractivity contribution < 1.29 is 17.9 Å². The molecule has 0 saturated heterocycles. The maximum Gasteiger partial charge on any atom is 0.282 e. The fraction of sp³-hybridized carbons (Fsp3) is 0.324. The molecular weight excluding hydrogens is 675 g/mol. The summed E-state index contributed by atoms with van der Waals surface area (Å²) in [6.07, 6.45) is 6.74. The van der Waals surface area contributed by atoms with E-state index < -0.39 is 29.9 Å². The molecule has 0 fully saturated rings. The molecule has 0 bridgehead atoms. The molecule has 0 radical (unpaired) electrons. The lowest BCUT2D eigenvalue weighted by molar-refractivity contribution is 0.0899. The summed E-state index contributed by atoms with van der Waals surface area (Å²) in [5.74, 6) is 0.635. The summed E-state index contributed by atoms with van der Waals surface area (Å²) in [6, 6.07) is 13.4. The number of fused-ring (bicyclic) bond motifs is 2. The predicted molar refractivity (Wildman–Crippen MR) is 196 cm³/mol. The van der Waals surface area contributed by atoms with Gasteiger partial charge in [0.15, 0.2) is 5.82 Å². The first kappa shape index (κ1) is 34.9. The Kier molecular flexibility index (Phi) is 9.63. The number of nitrogens with zero attached hydrogens (tertiary/aromatic N) is 7. The molecule has 0 aliphatic heterocycles. The van der Waals surface area contributed by atoms with Crippen molar-refractivity contribution in [3.8, 4) is 22.7 Å². The number of ether oxygens (including phenoxy) is 2. The van der Waals surface area contributed by atoms with Crippen LogP contribution in [0.3, 0.4) is 0 Å². The standard InChI is InChI=1S/C34H41N9O5SSi/c1-22-12-13-42-29(22)34(44)43(26-10-8-7-9-11-26)31(40-42)23(2)39-30-28-27(24-16-25(19-49(35,45)46)33(47-3)36-17-24)18-41(32(28)38-20-37-30)21-48-14-15-50(4,5)6/h7-13,16-18,20,23H,14-15,19,21H2,1-6H3,(H2,35,45,46)(H,37,38,39)/t23-/m0/s1. The Morgan fingerprint density at radius 3 is 2.54 bits per heavy atom. The highest BCUT2D eigenvalue weighted by Gasteiger charge is 2.24. The molecule has 50 heavy (non-hydrogen) atoms. The number of benzene rings is 1. The van der Waals surface area contributed by atoms with E-state index in [9.17, 15) is 13.2 Å². The normalized spacial score (nSPS) is 12.9. The van der Waals surface area contributed by atoms with Crippen LogP contribution >= 0.6 is 0 Å². The van der Waals surface area contributed by atoms with Crippen LogP contribution < -0.4 is 20.8 Å². The number of para-hydroxylation sites is 1. The SMILES string of the molecule is COc1ncc(-c2cn(COCC[Si](C)(C)C)c3ncnc(N[C@@H](C)c4nn5ccc(C)c5c(=O)n4-c4ccccc4)c23)cc1CS(N)(=O)=O. The van der Waals surface area contributed by atoms with Gasteiger partial charge < -0.3 is 19.4 Å². The van der Waals surface area contributed by atoms with Crippen molar-refractivity contribution in [1.82, 2.24) is 33.7 Å². The first-order valence-electron chi connectivity index (χ1n) is 16.1. The van der Waals surface area contributed by atoms with Gasteiger partial charge >= 0.3 is 0 Å². The van der Waals surface area contributed by atoms with Gasteiger partial charge in [-0.15, -0.1) is 0 Å². The summed E-state index contributed by atoms with van der Waals surface area (Å²) < 4.78 is 40.8. The van der Waals surface area contributed by atoms with Crippen LogP contribution in [0.5, 0.6) is 5.88 Å². The zero-order valence-electron chi connectivity index (χ0n) is 28.9. The van der Waals surface area contributed by atoms with Gasteiger partial charge in [-0.3, -0.25) is 9.36 Å². The molecule has 16 heteroatoms. The molecular formula is C34H41N9O5SSi. The number of anilines is 1. The predicted octanol–water partition coefficient (Wildman–Crippen LogP) is 4.88. The number of nitrogens with one attached hydrogen (secondary N) is 1. The van der Waals surface area contributed by atoms with Crippen LogP contribution in [0.15, 0.2) is 72.2 Å². The van der Waals surface area contributed by atoms with E-state index in [1.165, 1.54) is 13.4 Å². The molecule has 1 aromatic carbocycles. The van der Waals surface area contributed by atoms with Gasteiger partial charge in [-0.05, 0) is 49.7 Å². The zero-order chi connectivity index (χ0) is 35.8. The zero-order valence-corrected chi connectivity index (χ0v) is 30.7. The molecule has 0 amide bonds. The van der Waals surface area contributed by atoms with E-state index >= 15 is 0 Å². The molecule has 262 valence electrons. The molecule has 6 aromatic rings. The summed E-state index contributed by atoms with van der Waals surface area (Å²) in [4.78, 5) is 27.7. The smallest absolute Gasteiger partial charge is 0.282 e. The van der Waals surface area contributed by atoms with Gasteiger partial charge in [-0.2, -0.15) is 5.10 Å². The van der Waals surface area contributed by atoms with Crippen molar-refractivity contribution in [2.45, 2.75) is 58.1 Å². The van der Waals surface area contributed by atoms with E-state index in [1.54, 1.807) is 27.5 Å². The Balaban J connectivity index is 1.48. The van der Waals surface area contributed by atoms with E-state index in [0.29, 0.717) is 57.2 Å². The highest BCUT2D eigenvalue weighted by molar-refractivity contribution is 7.88. The van der Waals surface area contributed by atoms with Crippen molar-refractivity contribution in [1.29, 1.82) is 0 Å². The largest absolute Gasteiger partial charge is 0.481 e. The minimum absolute atomic E-state index is 0.157. The minimum Gasteiger partial charge on any atom is -0.481 e. The number of hydrogen-bond donors (Lipinski definition) is 2. The van der Waals surface area contributed by atoms with Crippen LogP contribution in [0.2, 0.25) is 25.7 Å². The quantitative estimate of drug-likeness (QED) is 0.124. The molecule has 1 atom stereocenters. The van der Waals surface area contributed by atoms with Crippen LogP contribution in [0, 0.1) is 6.92 Å². The van der Waals surface area contributed by atoms with Gasteiger partial charge in [0.2, 0.25) is 15.9 Å². The lowest BCUT2D eigenvalue weighted by atomic mass is 10.1. The number of pyridine rings is 1. The average Bonchev–Trinajstić information content (AvgIpc) is 3.63. The first-order valence-corrected chi connectivity index (χ1v) is 21.5. The summed E-state index contributed by atoms with van der Waals surface area (Å²) in [6.45, 7) is 11.5. The van der Waals surface area contributed by atoms with E-state index in [-0.39, 0.29) is 18.2 Å². The maximum atomic E-state index is 14.0. The number of nitrogens with two attached hydrogens (primary N) is 1. The summed E-state index contributed by atoms with van der Waals surface area (Å²) in [7, 11) is -3.79. The molecule has 0 aliphatic rings. The molecule has 5 aromatic heterocycles. The molecule has 0 unspecified atom stereocenters. The van der Waals surface area contributed by atoms with Gasteiger partial charge in [-0.1, -0.05) is 37.8 Å². The number of primary sulfonamides is 1. The second-order valence-electron chi connectivity index (χ2n) is 13.5. The Morgan fingerprint density at radius 2 is 1.84 bits per heavy atom. The lowest BCUT2D eigenvalue weighted by Crippen LogP contribution is -2.29. The molecule has 14 nitrogen and oxygen atoms in total. The highest BCUT2D eigenvalue weighted by Crippen LogP contribution is 2.36. The number of methoxy groups -OCH3 is 1. The molecule has 0 spiro atoms. The Labute approximate surface area is 291 Å². The summed E-state index contributed by atoms with van der Waals surface area (Å²) >= 11 is 0. The third-order valence-electron chi connectivity index (χ3n) is 8.33. The minimum atomic E-state index is -3.89. The van der Waals surface area contributed by atoms with E-state index in [0.717, 1.165) is 11.6 Å². The van der Waals surface area contributed by atoms with Crippen molar-refractivity contribution in [2.24, 2.45) is 5.14 Å². The summed E-state index contributed by atoms with van der Waals surface area (Å²) in [5, 5.41) is 14.5. The molecule has 3 N–H and O–H groups in total. The van der Waals surface area contributed by atoms with E-state index in [4.69, 9.17) is 19.7 Å². The summed E-state index contributed by atoms with van der Waals surface area (Å²) in [5.41, 5.74) is 3.98. The van der Waals surface area contributed by atoms with E-state index in [2.05, 4.69) is 39.9 Å². The number of rotatable bonds is 13. The van der Waals surface area contributed by atoms with Crippen molar-refractivity contribution >= 4 is 40.5 Å². The number of sulfonamides is 1. The number of hydrogen-bond acceptors (Lipinski definition) is 10. The van der Waals surface area contributed by atoms with Gasteiger partial charge in [0.05, 0.1) is 30.0 Å². The Hall–Kier alpha value is -4.90. The Morgan fingerprint density at radius 1 is 1.08 bits per heavy atom. The lowest BCUT2D eigenvalue weighted by Gasteiger charge is -2.20. The maximum absolute atomic E-state index is 14.0. The van der Waals surface area contributed by atoms with Crippen LogP contribution in [0.4, 0.5) is 5.82 Å². The van der Waals surface area contributed by atoms with Gasteiger partial charge in [0, 0.05) is 50.0 Å². The van der Waals surface area contributed by atoms with Crippen LogP contribution in [0.25, 0.3) is 33.4 Å². The van der Waals surface area contributed by atoms with Gasteiger partial charge in [-0.25, -0.2) is 33.0 Å². The van der Waals surface area contributed by atoms with Gasteiger partial charge in [0.25, 0.3) is 5.56 Å². The first-order chi connectivity index (χ1) is 23.7. The fourth-order valence-corrected chi connectivity index (χ4v) is 7.25. The third kappa shape index (κ3) is 7.33. The number of aromatic nitrogens is 7. The number of aryl methyl sites for hydroxylation is 1. The Bertz CT molecular complexity index is 2350.